The van der Waals surface area contributed by atoms with Crippen molar-refractivity contribution in [3.05, 3.63) is 233 Å². The molecule has 310 valence electrons. The van der Waals surface area contributed by atoms with Crippen LogP contribution >= 0.6 is 15.9 Å². The molecule has 0 radical (unpaired) electrons. The molecule has 0 saturated heterocycles. The van der Waals surface area contributed by atoms with Crippen LogP contribution in [0.3, 0.4) is 0 Å². The molecule has 0 N–H and O–H groups in total. The van der Waals surface area contributed by atoms with Gasteiger partial charge in [0.25, 0.3) is 0 Å². The molecule has 0 spiro atoms. The van der Waals surface area contributed by atoms with Crippen LogP contribution in [0.5, 0.6) is 0 Å². The Morgan fingerprint density at radius 1 is 0.532 bits per heavy atom. The molecule has 62 heavy (non-hydrogen) atoms. The quantitative estimate of drug-likeness (QED) is 0.0734. The molecule has 0 fully saturated rings. The topological polar surface area (TPSA) is 86.7 Å². The fourth-order valence-corrected chi connectivity index (χ4v) is 3.08. The SMILES string of the molecule is C.C.C=C=C=C=C=C=C=C=C=C=C=C=C=C=C=C=C=C=C=C=C=C=C=C=C.C=CC(=O)OCCCC.CCCCOC(=O)/C=C/c1ccc(C=O)cc1.O=Cc1ccc(Br)cc1.[2HH]. The molecular weight excluding hydrogens is 837 g/mol. The Kier molecular flexibility index (Phi) is 47.0. The molecule has 0 unspecified atom stereocenters. The minimum absolute atomic E-state index is 0. The average molecular weight is 885 g/mol. The number of esters is 2. The van der Waals surface area contributed by atoms with Gasteiger partial charge < -0.3 is 9.47 Å². The van der Waals surface area contributed by atoms with Crippen molar-refractivity contribution in [2.24, 2.45) is 0 Å². The minimum atomic E-state index is -0.335. The van der Waals surface area contributed by atoms with Gasteiger partial charge in [-0.1, -0.05) is 112 Å². The van der Waals surface area contributed by atoms with Crippen LogP contribution in [0.25, 0.3) is 6.08 Å². The Hall–Kier alpha value is -8.64. The summed E-state index contributed by atoms with van der Waals surface area (Å²) in [4.78, 5) is 42.1. The van der Waals surface area contributed by atoms with Crippen molar-refractivity contribution < 1.29 is 30.1 Å². The zero-order valence-electron chi connectivity index (χ0n) is 33.2. The van der Waals surface area contributed by atoms with Crippen molar-refractivity contribution in [2.75, 3.05) is 13.2 Å². The van der Waals surface area contributed by atoms with Gasteiger partial charge in [-0.15, -0.1) is 0 Å². The van der Waals surface area contributed by atoms with Gasteiger partial charge >= 0.3 is 11.9 Å². The number of ether oxygens (including phenoxy) is 2. The number of carbonyl (C=O) groups is 4. The summed E-state index contributed by atoms with van der Waals surface area (Å²) in [6.07, 6.45) is 9.71. The number of benzene rings is 2. The number of unbranched alkanes of at least 4 members (excludes halogenated alkanes) is 2. The summed E-state index contributed by atoms with van der Waals surface area (Å²) in [5.41, 5.74) is 59.1. The van der Waals surface area contributed by atoms with Gasteiger partial charge in [-0.05, 0) is 141 Å². The van der Waals surface area contributed by atoms with E-state index >= 15 is 0 Å². The van der Waals surface area contributed by atoms with E-state index in [9.17, 15) is 19.2 Å². The fraction of sp³-hybridized carbons (Fsp3) is 0.182. The molecule has 0 saturated carbocycles. The van der Waals surface area contributed by atoms with Gasteiger partial charge in [-0.3, -0.25) is 9.59 Å². The van der Waals surface area contributed by atoms with E-state index in [0.29, 0.717) is 24.3 Å². The summed E-state index contributed by atoms with van der Waals surface area (Å²) in [5, 5.41) is 0. The number of aldehydes is 2. The maximum atomic E-state index is 11.2. The smallest absolute Gasteiger partial charge is 0.330 e. The average Bonchev–Trinajstić information content (AvgIpc) is 3.27. The second-order valence-corrected chi connectivity index (χ2v) is 10.9. The largest absolute Gasteiger partial charge is 0.463 e. The lowest BCUT2D eigenvalue weighted by Crippen LogP contribution is -2.01. The van der Waals surface area contributed by atoms with Crippen molar-refractivity contribution in [3.8, 4) is 0 Å². The number of rotatable bonds is 11. The van der Waals surface area contributed by atoms with Gasteiger partial charge in [-0.2, -0.15) is 0 Å². The van der Waals surface area contributed by atoms with Crippen LogP contribution in [0, 0.1) is 0 Å². The Balaban J connectivity index is -0.000000254. The van der Waals surface area contributed by atoms with Crippen molar-refractivity contribution in [3.63, 3.8) is 0 Å². The van der Waals surface area contributed by atoms with Crippen LogP contribution in [0.4, 0.5) is 0 Å². The Morgan fingerprint density at radius 2 is 0.823 bits per heavy atom. The number of carbonyl (C=O) groups excluding carboxylic acids is 4. The van der Waals surface area contributed by atoms with Crippen molar-refractivity contribution in [2.45, 2.75) is 54.4 Å². The third-order valence-corrected chi connectivity index (χ3v) is 6.10. The van der Waals surface area contributed by atoms with Gasteiger partial charge in [0.15, 0.2) is 0 Å². The van der Waals surface area contributed by atoms with Crippen molar-refractivity contribution >= 4 is 46.5 Å². The van der Waals surface area contributed by atoms with E-state index in [2.05, 4.69) is 172 Å². The number of hydrogen-bond donors (Lipinski definition) is 0. The first-order valence-corrected chi connectivity index (χ1v) is 18.3. The zero-order chi connectivity index (χ0) is 44.6. The lowest BCUT2D eigenvalue weighted by atomic mass is 10.1. The third kappa shape index (κ3) is 44.1. The minimum Gasteiger partial charge on any atom is -0.463 e. The highest BCUT2D eigenvalue weighted by molar-refractivity contribution is 9.10. The first-order valence-electron chi connectivity index (χ1n) is 17.5. The normalized spacial score (nSPS) is 6.95. The molecule has 2 aromatic carbocycles. The van der Waals surface area contributed by atoms with E-state index in [-0.39, 0.29) is 28.2 Å². The summed E-state index contributed by atoms with van der Waals surface area (Å²) in [6, 6.07) is 14.2. The first kappa shape index (κ1) is 60.0. The summed E-state index contributed by atoms with van der Waals surface area (Å²) < 4.78 is 10.6. The molecule has 0 aliphatic carbocycles. The highest BCUT2D eigenvalue weighted by Crippen LogP contribution is 2.08. The summed E-state index contributed by atoms with van der Waals surface area (Å²) in [5.74, 6) is -0.665. The van der Waals surface area contributed by atoms with E-state index in [1.165, 1.54) is 12.2 Å². The van der Waals surface area contributed by atoms with Gasteiger partial charge in [-0.25, -0.2) is 9.59 Å². The Labute approximate surface area is 376 Å². The second kappa shape index (κ2) is 48.5. The predicted molar refractivity (Wildman–Crippen MR) is 250 cm³/mol. The van der Waals surface area contributed by atoms with Crippen LogP contribution in [-0.2, 0) is 19.1 Å². The lowest BCUT2D eigenvalue weighted by Gasteiger charge is -1.99. The zero-order valence-corrected chi connectivity index (χ0v) is 34.8. The standard InChI is InChI=1S/C25H4.C14H16O3.C7H5BrO.C7H12O2.2CH4.H2/c1-3-5-7-9-11-13-15-17-19-21-23-25-24-22-20-18-16-14-12-10-8-6-4-2;1-2-3-10-17-14(16)9-8-12-4-6-13(11-15)7-5-12;8-7-3-1-6(5-9)2-4-7;1-3-5-6-9-7(8)4-2;;;/h1-2H2;4-9,11H,2-3,10H2,1H3;1-5H;4H,2-3,5-6H2,1H3;2*1H4;1H/b;9-8+;;;;;/i;;;;;;1+1. The molecule has 0 amide bonds. The van der Waals surface area contributed by atoms with Gasteiger partial charge in [0.2, 0.25) is 0 Å². The molecule has 0 aromatic heterocycles. The number of halogens is 1. The fourth-order valence-electron chi connectivity index (χ4n) is 2.81. The molecule has 2 aromatic rings. The summed E-state index contributed by atoms with van der Waals surface area (Å²) in [7, 11) is 0. The monoisotopic (exact) mass is 883 g/mol. The van der Waals surface area contributed by atoms with Gasteiger partial charge in [0.05, 0.1) is 13.2 Å². The van der Waals surface area contributed by atoms with Crippen LogP contribution in [-0.4, -0.2) is 37.7 Å². The van der Waals surface area contributed by atoms with Crippen LogP contribution in [0.15, 0.2) is 217 Å². The molecule has 0 bridgehead atoms. The van der Waals surface area contributed by atoms with Crippen molar-refractivity contribution in [1.82, 2.24) is 0 Å². The summed E-state index contributed by atoms with van der Waals surface area (Å²) >= 11 is 3.26. The Morgan fingerprint density at radius 3 is 1.11 bits per heavy atom. The molecule has 0 atom stereocenters. The van der Waals surface area contributed by atoms with E-state index < -0.39 is 0 Å². The maximum Gasteiger partial charge on any atom is 0.330 e. The molecule has 0 aliphatic rings. The second-order valence-electron chi connectivity index (χ2n) is 10.0. The van der Waals surface area contributed by atoms with Crippen LogP contribution in [0.1, 0.15) is 82.1 Å². The molecule has 6 nitrogen and oxygen atoms in total. The lowest BCUT2D eigenvalue weighted by molar-refractivity contribution is -0.138. The van der Waals surface area contributed by atoms with E-state index in [1.54, 1.807) is 42.5 Å². The molecular formula is C55H47BrO6. The third-order valence-electron chi connectivity index (χ3n) is 5.57. The van der Waals surface area contributed by atoms with Crippen LogP contribution in [0.2, 0.25) is 0 Å². The Bertz CT molecular complexity index is 2600. The van der Waals surface area contributed by atoms with Crippen molar-refractivity contribution in [1.29, 1.82) is 0 Å². The molecule has 0 aliphatic heterocycles. The van der Waals surface area contributed by atoms with Gasteiger partial charge in [0, 0.05) is 57.8 Å². The molecule has 7 heteroatoms. The van der Waals surface area contributed by atoms with Crippen LogP contribution < -0.4 is 0 Å². The summed E-state index contributed by atoms with van der Waals surface area (Å²) in [6.45, 7) is 14.9. The highest BCUT2D eigenvalue weighted by Gasteiger charge is 1.96. The maximum absolute atomic E-state index is 11.2. The first-order chi connectivity index (χ1) is 29.3. The van der Waals surface area contributed by atoms with E-state index in [1.807, 2.05) is 26.0 Å². The predicted octanol–water partition coefficient (Wildman–Crippen LogP) is 12.5. The van der Waals surface area contributed by atoms with Gasteiger partial charge in [0.1, 0.15) is 12.6 Å². The highest BCUT2D eigenvalue weighted by atomic mass is 79.9. The number of hydrogen-bond acceptors (Lipinski definition) is 6. The molecule has 0 heterocycles. The van der Waals surface area contributed by atoms with E-state index in [0.717, 1.165) is 48.3 Å². The van der Waals surface area contributed by atoms with E-state index in [4.69, 9.17) is 4.74 Å². The molecule has 2 rings (SSSR count).